The van der Waals surface area contributed by atoms with E-state index in [1.54, 1.807) is 17.5 Å². The van der Waals surface area contributed by atoms with Gasteiger partial charge in [-0.1, -0.05) is 6.07 Å². The summed E-state index contributed by atoms with van der Waals surface area (Å²) in [6.07, 6.45) is 4.75. The number of thiophene rings is 1. The molecule has 16 heavy (non-hydrogen) atoms. The molecule has 0 unspecified atom stereocenters. The summed E-state index contributed by atoms with van der Waals surface area (Å²) in [6.45, 7) is 0. The first-order chi connectivity index (χ1) is 7.67. The Labute approximate surface area is 99.9 Å². The van der Waals surface area contributed by atoms with Crippen molar-refractivity contribution in [3.05, 3.63) is 17.5 Å². The van der Waals surface area contributed by atoms with Crippen molar-refractivity contribution in [3.8, 4) is 0 Å². The van der Waals surface area contributed by atoms with Gasteiger partial charge >= 0.3 is 0 Å². The molecule has 2 aliphatic carbocycles. The largest absolute Gasteiger partial charge is 0.250 e. The minimum atomic E-state index is -3.26. The highest BCUT2D eigenvalue weighted by atomic mass is 32.2. The van der Waals surface area contributed by atoms with E-state index in [-0.39, 0.29) is 6.04 Å². The summed E-state index contributed by atoms with van der Waals surface area (Å²) in [4.78, 5) is 0. The molecule has 3 rings (SSSR count). The fraction of sp³-hybridized carbons (Fsp3) is 0.636. The topological polar surface area (TPSA) is 46.2 Å². The van der Waals surface area contributed by atoms with Crippen molar-refractivity contribution in [2.75, 3.05) is 0 Å². The fourth-order valence-corrected chi connectivity index (χ4v) is 4.52. The monoisotopic (exact) mass is 257 g/mol. The smallest absolute Gasteiger partial charge is 0.207 e. The second kappa shape index (κ2) is 3.82. The van der Waals surface area contributed by atoms with Gasteiger partial charge in [-0.05, 0) is 49.0 Å². The molecule has 0 aliphatic heterocycles. The molecule has 0 aromatic carbocycles. The Morgan fingerprint density at radius 1 is 1.25 bits per heavy atom. The van der Waals surface area contributed by atoms with Gasteiger partial charge in [-0.2, -0.15) is 0 Å². The summed E-state index contributed by atoms with van der Waals surface area (Å²) >= 11 is 1.29. The zero-order valence-electron chi connectivity index (χ0n) is 8.93. The van der Waals surface area contributed by atoms with Crippen LogP contribution in [0.1, 0.15) is 25.7 Å². The SMILES string of the molecule is O=S(=O)(NC(C1CC1)C1CC1)c1cccs1. The highest BCUT2D eigenvalue weighted by Gasteiger charge is 2.43. The predicted octanol–water partition coefficient (Wildman–Crippen LogP) is 2.21. The first kappa shape index (κ1) is 10.7. The lowest BCUT2D eigenvalue weighted by atomic mass is 10.1. The second-order valence-electron chi connectivity index (χ2n) is 4.75. The van der Waals surface area contributed by atoms with E-state index in [1.165, 1.54) is 37.0 Å². The van der Waals surface area contributed by atoms with Crippen LogP contribution in [0, 0.1) is 11.8 Å². The lowest BCUT2D eigenvalue weighted by molar-refractivity contribution is 0.472. The van der Waals surface area contributed by atoms with Gasteiger partial charge in [-0.3, -0.25) is 0 Å². The molecule has 88 valence electrons. The van der Waals surface area contributed by atoms with Crippen molar-refractivity contribution in [1.82, 2.24) is 4.72 Å². The van der Waals surface area contributed by atoms with Crippen LogP contribution in [-0.2, 0) is 10.0 Å². The molecular formula is C11H15NO2S2. The highest BCUT2D eigenvalue weighted by Crippen LogP contribution is 2.45. The lowest BCUT2D eigenvalue weighted by Crippen LogP contribution is -2.37. The van der Waals surface area contributed by atoms with Gasteiger partial charge in [-0.15, -0.1) is 11.3 Å². The maximum Gasteiger partial charge on any atom is 0.250 e. The average molecular weight is 257 g/mol. The van der Waals surface area contributed by atoms with Gasteiger partial charge in [0.2, 0.25) is 10.0 Å². The molecule has 1 N–H and O–H groups in total. The van der Waals surface area contributed by atoms with Crippen LogP contribution in [0.25, 0.3) is 0 Å². The van der Waals surface area contributed by atoms with Crippen LogP contribution in [0.5, 0.6) is 0 Å². The van der Waals surface area contributed by atoms with E-state index in [0.717, 1.165) is 0 Å². The van der Waals surface area contributed by atoms with Crippen LogP contribution in [0.15, 0.2) is 21.7 Å². The maximum atomic E-state index is 12.1. The standard InChI is InChI=1S/C11H15NO2S2/c13-16(14,10-2-1-7-15-10)12-11(8-3-4-8)9-5-6-9/h1-2,7-9,11-12H,3-6H2. The quantitative estimate of drug-likeness (QED) is 0.879. The zero-order chi connectivity index (χ0) is 11.2. The summed E-state index contributed by atoms with van der Waals surface area (Å²) < 4.78 is 27.5. The molecule has 2 aliphatic rings. The first-order valence-corrected chi connectivity index (χ1v) is 8.09. The minimum Gasteiger partial charge on any atom is -0.207 e. The summed E-state index contributed by atoms with van der Waals surface area (Å²) in [5.41, 5.74) is 0. The second-order valence-corrected chi connectivity index (χ2v) is 7.64. The van der Waals surface area contributed by atoms with Gasteiger partial charge in [0.05, 0.1) is 0 Å². The highest BCUT2D eigenvalue weighted by molar-refractivity contribution is 7.91. The summed E-state index contributed by atoms with van der Waals surface area (Å²) in [5, 5.41) is 1.80. The molecule has 1 aromatic heterocycles. The molecule has 2 fully saturated rings. The molecular weight excluding hydrogens is 242 g/mol. The van der Waals surface area contributed by atoms with E-state index < -0.39 is 10.0 Å². The van der Waals surface area contributed by atoms with E-state index in [0.29, 0.717) is 16.0 Å². The molecule has 5 heteroatoms. The Bertz CT molecular complexity index is 446. The number of nitrogens with one attached hydrogen (secondary N) is 1. The Balaban J connectivity index is 1.77. The van der Waals surface area contributed by atoms with Gasteiger partial charge in [0, 0.05) is 6.04 Å². The molecule has 3 nitrogen and oxygen atoms in total. The van der Waals surface area contributed by atoms with Crippen LogP contribution in [0.2, 0.25) is 0 Å². The molecule has 0 bridgehead atoms. The third kappa shape index (κ3) is 2.17. The van der Waals surface area contributed by atoms with Gasteiger partial charge in [0.25, 0.3) is 0 Å². The molecule has 0 saturated heterocycles. The number of rotatable bonds is 5. The van der Waals surface area contributed by atoms with Crippen molar-refractivity contribution in [1.29, 1.82) is 0 Å². The fourth-order valence-electron chi connectivity index (χ4n) is 2.14. The lowest BCUT2D eigenvalue weighted by Gasteiger charge is -2.16. The average Bonchev–Trinajstić information content (AvgIpc) is 3.15. The summed E-state index contributed by atoms with van der Waals surface area (Å²) in [7, 11) is -3.26. The van der Waals surface area contributed by atoms with Crippen LogP contribution >= 0.6 is 11.3 Å². The van der Waals surface area contributed by atoms with E-state index >= 15 is 0 Å². The third-order valence-corrected chi connectivity index (χ3v) is 6.17. The predicted molar refractivity (Wildman–Crippen MR) is 63.9 cm³/mol. The Hall–Kier alpha value is -0.390. The van der Waals surface area contributed by atoms with Gasteiger partial charge in [0.1, 0.15) is 4.21 Å². The van der Waals surface area contributed by atoms with Gasteiger partial charge in [0.15, 0.2) is 0 Å². The third-order valence-electron chi connectivity index (χ3n) is 3.31. The molecule has 1 heterocycles. The van der Waals surface area contributed by atoms with Crippen LogP contribution in [0.4, 0.5) is 0 Å². The Kier molecular flexibility index (Phi) is 2.57. The molecule has 0 radical (unpaired) electrons. The summed E-state index contributed by atoms with van der Waals surface area (Å²) in [6, 6.07) is 3.65. The van der Waals surface area contributed by atoms with Gasteiger partial charge in [-0.25, -0.2) is 13.1 Å². The number of hydrogen-bond acceptors (Lipinski definition) is 3. The maximum absolute atomic E-state index is 12.1. The van der Waals surface area contributed by atoms with Crippen LogP contribution < -0.4 is 4.72 Å². The van der Waals surface area contributed by atoms with Crippen molar-refractivity contribution in [2.45, 2.75) is 35.9 Å². The number of sulfonamides is 1. The van der Waals surface area contributed by atoms with Gasteiger partial charge < -0.3 is 0 Å². The normalized spacial score (nSPS) is 21.6. The van der Waals surface area contributed by atoms with E-state index in [9.17, 15) is 8.42 Å². The molecule has 0 amide bonds. The summed E-state index contributed by atoms with van der Waals surface area (Å²) in [5.74, 6) is 1.20. The first-order valence-electron chi connectivity index (χ1n) is 5.73. The molecule has 0 spiro atoms. The van der Waals surface area contributed by atoms with Crippen molar-refractivity contribution in [3.63, 3.8) is 0 Å². The van der Waals surface area contributed by atoms with Crippen molar-refractivity contribution in [2.24, 2.45) is 11.8 Å². The van der Waals surface area contributed by atoms with E-state index in [4.69, 9.17) is 0 Å². The van der Waals surface area contributed by atoms with Crippen LogP contribution in [-0.4, -0.2) is 14.5 Å². The molecule has 0 atom stereocenters. The minimum absolute atomic E-state index is 0.201. The van der Waals surface area contributed by atoms with E-state index in [1.807, 2.05) is 0 Å². The van der Waals surface area contributed by atoms with Crippen LogP contribution in [0.3, 0.4) is 0 Å². The molecule has 1 aromatic rings. The zero-order valence-corrected chi connectivity index (χ0v) is 10.6. The Morgan fingerprint density at radius 2 is 1.88 bits per heavy atom. The van der Waals surface area contributed by atoms with Crippen molar-refractivity contribution >= 4 is 21.4 Å². The number of hydrogen-bond donors (Lipinski definition) is 1. The molecule has 2 saturated carbocycles. The van der Waals surface area contributed by atoms with Crippen molar-refractivity contribution < 1.29 is 8.42 Å². The van der Waals surface area contributed by atoms with E-state index in [2.05, 4.69) is 4.72 Å². The Morgan fingerprint density at radius 3 is 2.31 bits per heavy atom.